The average molecular weight is 303 g/mol. The molecule has 0 radical (unpaired) electrons. The van der Waals surface area contributed by atoms with Crippen molar-refractivity contribution in [3.8, 4) is 5.82 Å². The molecule has 1 aromatic carbocycles. The first-order valence-corrected chi connectivity index (χ1v) is 7.49. The summed E-state index contributed by atoms with van der Waals surface area (Å²) in [7, 11) is 1.98. The molecule has 0 saturated heterocycles. The summed E-state index contributed by atoms with van der Waals surface area (Å²) in [5.74, 6) is 1.11. The normalized spacial score (nSPS) is 11.4. The smallest absolute Gasteiger partial charge is 0.138 e. The van der Waals surface area contributed by atoms with Gasteiger partial charge in [-0.3, -0.25) is 4.68 Å². The Kier molecular flexibility index (Phi) is 3.74. The Morgan fingerprint density at radius 2 is 2.10 bits per heavy atom. The van der Waals surface area contributed by atoms with E-state index in [2.05, 4.69) is 28.9 Å². The largest absolute Gasteiger partial charge is 0.330 e. The maximum absolute atomic E-state index is 6.07. The Hall–Kier alpha value is -1.78. The number of benzene rings is 1. The van der Waals surface area contributed by atoms with Gasteiger partial charge < -0.3 is 10.3 Å². The van der Waals surface area contributed by atoms with Crippen molar-refractivity contribution < 1.29 is 0 Å². The third kappa shape index (κ3) is 2.45. The van der Waals surface area contributed by atoms with Gasteiger partial charge in [-0.2, -0.15) is 5.10 Å². The van der Waals surface area contributed by atoms with Crippen molar-refractivity contribution in [2.24, 2.45) is 12.8 Å². The fraction of sp³-hybridized carbons (Fsp3) is 0.312. The number of hydrogen-bond acceptors (Lipinski definition) is 2. The first kappa shape index (κ1) is 14.2. The molecule has 0 saturated carbocycles. The lowest BCUT2D eigenvalue weighted by atomic mass is 10.1. The molecule has 0 spiro atoms. The molecule has 0 atom stereocenters. The van der Waals surface area contributed by atoms with Crippen LogP contribution in [0.4, 0.5) is 0 Å². The number of aryl methyl sites for hydroxylation is 2. The van der Waals surface area contributed by atoms with Gasteiger partial charge in [0.25, 0.3) is 0 Å². The van der Waals surface area contributed by atoms with Crippen molar-refractivity contribution in [2.45, 2.75) is 19.8 Å². The zero-order chi connectivity index (χ0) is 15.0. The van der Waals surface area contributed by atoms with E-state index in [1.54, 1.807) is 0 Å². The highest BCUT2D eigenvalue weighted by Gasteiger charge is 2.16. The molecule has 3 rings (SSSR count). The highest BCUT2D eigenvalue weighted by Crippen LogP contribution is 2.27. The molecular formula is C16H19ClN4. The maximum atomic E-state index is 6.07. The summed E-state index contributed by atoms with van der Waals surface area (Å²) >= 11 is 6.07. The molecule has 4 nitrogen and oxygen atoms in total. The first-order valence-electron chi connectivity index (χ1n) is 7.11. The Bertz CT molecular complexity index is 785. The van der Waals surface area contributed by atoms with Crippen LogP contribution in [0.15, 0.2) is 30.5 Å². The summed E-state index contributed by atoms with van der Waals surface area (Å²) in [5.41, 5.74) is 9.12. The minimum Gasteiger partial charge on any atom is -0.330 e. The lowest BCUT2D eigenvalue weighted by Gasteiger charge is -2.09. The van der Waals surface area contributed by atoms with Gasteiger partial charge in [-0.25, -0.2) is 0 Å². The van der Waals surface area contributed by atoms with Gasteiger partial charge in [0.05, 0.1) is 11.2 Å². The molecule has 21 heavy (non-hydrogen) atoms. The third-order valence-corrected chi connectivity index (χ3v) is 4.06. The molecule has 0 amide bonds. The summed E-state index contributed by atoms with van der Waals surface area (Å²) < 4.78 is 4.12. The molecule has 2 heterocycles. The maximum Gasteiger partial charge on any atom is 0.138 e. The molecule has 0 fully saturated rings. The SMILES string of the molecule is Cc1nn(C)c(-n2ccc3cc(Cl)ccc32)c1CCCN. The van der Waals surface area contributed by atoms with Gasteiger partial charge in [0.1, 0.15) is 5.82 Å². The quantitative estimate of drug-likeness (QED) is 0.804. The standard InChI is InChI=1S/C16H19ClN4/c1-11-14(4-3-8-18)16(20(2)19-11)21-9-7-12-10-13(17)5-6-15(12)21/h5-7,9-10H,3-4,8,18H2,1-2H3. The van der Waals surface area contributed by atoms with E-state index in [-0.39, 0.29) is 0 Å². The number of halogens is 1. The number of fused-ring (bicyclic) bond motifs is 1. The van der Waals surface area contributed by atoms with Crippen molar-refractivity contribution in [3.05, 3.63) is 46.7 Å². The number of rotatable bonds is 4. The number of hydrogen-bond donors (Lipinski definition) is 1. The van der Waals surface area contributed by atoms with Crippen LogP contribution in [0.3, 0.4) is 0 Å². The van der Waals surface area contributed by atoms with Gasteiger partial charge in [-0.1, -0.05) is 11.6 Å². The van der Waals surface area contributed by atoms with Crippen LogP contribution >= 0.6 is 11.6 Å². The van der Waals surface area contributed by atoms with E-state index in [1.165, 1.54) is 5.56 Å². The van der Waals surface area contributed by atoms with Crippen LogP contribution in [-0.4, -0.2) is 20.9 Å². The second-order valence-electron chi connectivity index (χ2n) is 5.29. The summed E-state index contributed by atoms with van der Waals surface area (Å²) in [5, 5.41) is 6.46. The predicted molar refractivity (Wildman–Crippen MR) is 87.2 cm³/mol. The summed E-state index contributed by atoms with van der Waals surface area (Å²) in [6, 6.07) is 8.03. The topological polar surface area (TPSA) is 48.8 Å². The highest BCUT2D eigenvalue weighted by atomic mass is 35.5. The van der Waals surface area contributed by atoms with E-state index in [0.717, 1.165) is 40.3 Å². The average Bonchev–Trinajstić information content (AvgIpc) is 2.96. The molecule has 0 aliphatic rings. The molecule has 0 aliphatic carbocycles. The van der Waals surface area contributed by atoms with Crippen LogP contribution < -0.4 is 5.73 Å². The minimum absolute atomic E-state index is 0.690. The fourth-order valence-corrected chi connectivity index (χ4v) is 3.04. The second kappa shape index (κ2) is 5.54. The molecule has 0 aliphatic heterocycles. The fourth-order valence-electron chi connectivity index (χ4n) is 2.86. The van der Waals surface area contributed by atoms with E-state index >= 15 is 0 Å². The molecule has 2 N–H and O–H groups in total. The molecule has 5 heteroatoms. The summed E-state index contributed by atoms with van der Waals surface area (Å²) in [6.45, 7) is 2.74. The molecule has 3 aromatic rings. The van der Waals surface area contributed by atoms with E-state index in [9.17, 15) is 0 Å². The van der Waals surface area contributed by atoms with Gasteiger partial charge >= 0.3 is 0 Å². The van der Waals surface area contributed by atoms with Crippen LogP contribution in [0.5, 0.6) is 0 Å². The van der Waals surface area contributed by atoms with Crippen molar-refractivity contribution in [3.63, 3.8) is 0 Å². The van der Waals surface area contributed by atoms with E-state index in [0.29, 0.717) is 6.54 Å². The molecule has 2 aromatic heterocycles. The first-order chi connectivity index (χ1) is 10.1. The van der Waals surface area contributed by atoms with Gasteiger partial charge in [-0.05, 0) is 50.6 Å². The molecule has 0 bridgehead atoms. The van der Waals surface area contributed by atoms with Gasteiger partial charge in [0, 0.05) is 29.2 Å². The number of nitrogens with two attached hydrogens (primary N) is 1. The van der Waals surface area contributed by atoms with Crippen LogP contribution in [0.1, 0.15) is 17.7 Å². The van der Waals surface area contributed by atoms with Crippen molar-refractivity contribution in [2.75, 3.05) is 6.54 Å². The Morgan fingerprint density at radius 3 is 2.86 bits per heavy atom. The zero-order valence-corrected chi connectivity index (χ0v) is 13.1. The zero-order valence-electron chi connectivity index (χ0n) is 12.3. The number of aromatic nitrogens is 3. The lowest BCUT2D eigenvalue weighted by Crippen LogP contribution is -2.06. The van der Waals surface area contributed by atoms with Gasteiger partial charge in [-0.15, -0.1) is 0 Å². The lowest BCUT2D eigenvalue weighted by molar-refractivity contribution is 0.725. The molecule has 110 valence electrons. The van der Waals surface area contributed by atoms with E-state index in [4.69, 9.17) is 17.3 Å². The summed E-state index contributed by atoms with van der Waals surface area (Å²) in [6.07, 6.45) is 3.98. The van der Waals surface area contributed by atoms with Crippen LogP contribution in [0, 0.1) is 6.92 Å². The van der Waals surface area contributed by atoms with E-state index in [1.807, 2.05) is 29.9 Å². The molecular weight excluding hydrogens is 284 g/mol. The van der Waals surface area contributed by atoms with Gasteiger partial charge in [0.15, 0.2) is 0 Å². The van der Waals surface area contributed by atoms with Crippen LogP contribution in [0.25, 0.3) is 16.7 Å². The van der Waals surface area contributed by atoms with Gasteiger partial charge in [0.2, 0.25) is 0 Å². The van der Waals surface area contributed by atoms with Crippen LogP contribution in [0.2, 0.25) is 5.02 Å². The Morgan fingerprint density at radius 1 is 1.29 bits per heavy atom. The Balaban J connectivity index is 2.18. The van der Waals surface area contributed by atoms with Crippen LogP contribution in [-0.2, 0) is 13.5 Å². The molecule has 0 unspecified atom stereocenters. The van der Waals surface area contributed by atoms with Crippen molar-refractivity contribution in [1.29, 1.82) is 0 Å². The Labute approximate surface area is 129 Å². The van der Waals surface area contributed by atoms with Crippen molar-refractivity contribution in [1.82, 2.24) is 14.3 Å². The van der Waals surface area contributed by atoms with Crippen molar-refractivity contribution >= 4 is 22.5 Å². The predicted octanol–water partition coefficient (Wildman–Crippen LogP) is 3.22. The minimum atomic E-state index is 0.690. The summed E-state index contributed by atoms with van der Waals surface area (Å²) in [4.78, 5) is 0. The monoisotopic (exact) mass is 302 g/mol. The number of nitrogens with zero attached hydrogens (tertiary/aromatic N) is 3. The third-order valence-electron chi connectivity index (χ3n) is 3.82. The van der Waals surface area contributed by atoms with E-state index < -0.39 is 0 Å². The second-order valence-corrected chi connectivity index (χ2v) is 5.73. The highest BCUT2D eigenvalue weighted by molar-refractivity contribution is 6.31.